The molecule has 0 bridgehead atoms. The molecule has 12 heavy (non-hydrogen) atoms. The van der Waals surface area contributed by atoms with Crippen LogP contribution in [0.4, 0.5) is 5.69 Å². The van der Waals surface area contributed by atoms with E-state index in [0.29, 0.717) is 20.1 Å². The molecule has 2 N–H and O–H groups in total. The molecule has 1 heterocycles. The lowest BCUT2D eigenvalue weighted by Gasteiger charge is -2.01. The van der Waals surface area contributed by atoms with Crippen molar-refractivity contribution >= 4 is 23.1 Å². The summed E-state index contributed by atoms with van der Waals surface area (Å²) in [5.41, 5.74) is 6.10. The van der Waals surface area contributed by atoms with Gasteiger partial charge in [-0.3, -0.25) is 0 Å². The highest BCUT2D eigenvalue weighted by Crippen LogP contribution is 2.28. The Morgan fingerprint density at radius 2 is 2.25 bits per heavy atom. The van der Waals surface area contributed by atoms with Crippen molar-refractivity contribution in [3.05, 3.63) is 18.3 Å². The Labute approximate surface area is 77.1 Å². The van der Waals surface area contributed by atoms with Crippen LogP contribution in [0.25, 0.3) is 0 Å². The van der Waals surface area contributed by atoms with E-state index < -0.39 is 0 Å². The molecule has 1 aromatic heterocycles. The molecule has 0 saturated heterocycles. The third-order valence-corrected chi connectivity index (χ3v) is 1.62. The number of nitrogen functional groups attached to an aromatic ring is 1. The summed E-state index contributed by atoms with van der Waals surface area (Å²) in [6, 6.07) is 3.53. The largest absolute Gasteiger partial charge is 0.455 e. The summed E-state index contributed by atoms with van der Waals surface area (Å²) in [7, 11) is 2.77. The van der Waals surface area contributed by atoms with Crippen molar-refractivity contribution in [2.45, 2.75) is 13.8 Å². The summed E-state index contributed by atoms with van der Waals surface area (Å²) in [5, 5.41) is 0. The highest BCUT2D eigenvalue weighted by Gasteiger charge is 1.96. The first-order valence-electron chi connectivity index (χ1n) is 3.67. The van der Waals surface area contributed by atoms with E-state index in [0.717, 1.165) is 0 Å². The zero-order valence-electron chi connectivity index (χ0n) is 7.24. The van der Waals surface area contributed by atoms with Crippen LogP contribution in [0, 0.1) is 0 Å². The summed E-state index contributed by atoms with van der Waals surface area (Å²) in [4.78, 5) is 3.91. The summed E-state index contributed by atoms with van der Waals surface area (Å²) < 4.78 is 5.09. The van der Waals surface area contributed by atoms with Gasteiger partial charge in [-0.1, -0.05) is 22.8 Å². The van der Waals surface area contributed by atoms with Gasteiger partial charge in [-0.25, -0.2) is 4.98 Å². The van der Waals surface area contributed by atoms with Crippen molar-refractivity contribution in [2.75, 3.05) is 5.73 Å². The lowest BCUT2D eigenvalue weighted by atomic mass is 10.4. The molecule has 0 amide bonds. The second kappa shape index (κ2) is 7.27. The monoisotopic (exact) mass is 204 g/mol. The van der Waals surface area contributed by atoms with Crippen molar-refractivity contribution in [2.24, 2.45) is 0 Å². The van der Waals surface area contributed by atoms with Crippen LogP contribution in [0.2, 0.25) is 0 Å². The van der Waals surface area contributed by atoms with E-state index >= 15 is 0 Å². The maximum absolute atomic E-state index is 5.51. The molecular formula is C7H14N2OP2. The zero-order chi connectivity index (χ0) is 9.40. The topological polar surface area (TPSA) is 48.1 Å². The van der Waals surface area contributed by atoms with Gasteiger partial charge in [-0.2, -0.15) is 0 Å². The van der Waals surface area contributed by atoms with Crippen molar-refractivity contribution < 1.29 is 4.52 Å². The molecule has 3 nitrogen and oxygen atoms in total. The molecule has 1 aromatic rings. The van der Waals surface area contributed by atoms with Crippen LogP contribution in [0.5, 0.6) is 5.88 Å². The fourth-order valence-electron chi connectivity index (χ4n) is 0.544. The van der Waals surface area contributed by atoms with Crippen molar-refractivity contribution in [1.29, 1.82) is 0 Å². The van der Waals surface area contributed by atoms with Gasteiger partial charge in [0, 0.05) is 6.20 Å². The van der Waals surface area contributed by atoms with Gasteiger partial charge < -0.3 is 10.3 Å². The van der Waals surface area contributed by atoms with Crippen LogP contribution in [0.15, 0.2) is 18.3 Å². The summed E-state index contributed by atoms with van der Waals surface area (Å²) in [6.45, 7) is 4.00. The molecule has 0 saturated carbocycles. The lowest BCUT2D eigenvalue weighted by Crippen LogP contribution is -1.90. The van der Waals surface area contributed by atoms with E-state index in [-0.39, 0.29) is 0 Å². The molecule has 0 radical (unpaired) electrons. The number of hydrogen-bond acceptors (Lipinski definition) is 3. The molecule has 68 valence electrons. The van der Waals surface area contributed by atoms with Gasteiger partial charge in [-0.05, 0) is 12.1 Å². The molecule has 5 heteroatoms. The number of aromatic nitrogens is 1. The minimum absolute atomic E-state index is 0.306. The van der Waals surface area contributed by atoms with Gasteiger partial charge in [-0.15, -0.1) is 0 Å². The lowest BCUT2D eigenvalue weighted by molar-refractivity contribution is 0.616. The fraction of sp³-hybridized carbons (Fsp3) is 0.286. The quantitative estimate of drug-likeness (QED) is 0.752. The van der Waals surface area contributed by atoms with Crippen molar-refractivity contribution in [3.63, 3.8) is 0 Å². The molecular weight excluding hydrogens is 190 g/mol. The highest BCUT2D eigenvalue weighted by atomic mass is 32.0. The van der Waals surface area contributed by atoms with Crippen molar-refractivity contribution in [3.8, 4) is 5.88 Å². The number of pyridine rings is 1. The minimum atomic E-state index is 0.306. The Morgan fingerprint density at radius 3 is 2.75 bits per heavy atom. The van der Waals surface area contributed by atoms with E-state index in [9.17, 15) is 0 Å². The molecule has 0 spiro atoms. The zero-order valence-corrected chi connectivity index (χ0v) is 9.40. The summed E-state index contributed by atoms with van der Waals surface area (Å²) in [5.74, 6) is 0.510. The number of rotatable bonds is 2. The second-order valence-electron chi connectivity index (χ2n) is 1.62. The molecule has 2 unspecified atom stereocenters. The molecule has 2 atom stereocenters. The molecule has 0 aromatic carbocycles. The Hall–Kier alpha value is -0.390. The molecule has 0 fully saturated rings. The summed E-state index contributed by atoms with van der Waals surface area (Å²) >= 11 is 0. The van der Waals surface area contributed by atoms with Crippen LogP contribution >= 0.6 is 17.4 Å². The average molecular weight is 204 g/mol. The van der Waals surface area contributed by atoms with E-state index in [1.54, 1.807) is 18.3 Å². The first kappa shape index (κ1) is 11.6. The van der Waals surface area contributed by atoms with Crippen LogP contribution in [-0.4, -0.2) is 4.98 Å². The predicted octanol–water partition coefficient (Wildman–Crippen LogP) is 2.45. The number of nitrogens with two attached hydrogens (primary N) is 1. The maximum atomic E-state index is 5.51. The third kappa shape index (κ3) is 3.85. The Morgan fingerprint density at radius 1 is 1.58 bits per heavy atom. The molecule has 1 rings (SSSR count). The van der Waals surface area contributed by atoms with Gasteiger partial charge in [0.05, 0.1) is 14.2 Å². The third-order valence-electron chi connectivity index (χ3n) is 0.956. The smallest absolute Gasteiger partial charge is 0.239 e. The first-order chi connectivity index (χ1) is 5.84. The Kier molecular flexibility index (Phi) is 7.03. The first-order valence-corrected chi connectivity index (χ1v) is 6.39. The van der Waals surface area contributed by atoms with Gasteiger partial charge in [0.25, 0.3) is 0 Å². The van der Waals surface area contributed by atoms with E-state index in [4.69, 9.17) is 10.3 Å². The molecule has 0 aliphatic rings. The van der Waals surface area contributed by atoms with Gasteiger partial charge in [0.1, 0.15) is 0 Å². The van der Waals surface area contributed by atoms with E-state index in [2.05, 4.69) is 13.9 Å². The maximum Gasteiger partial charge on any atom is 0.239 e. The minimum Gasteiger partial charge on any atom is -0.455 e. The second-order valence-corrected chi connectivity index (χ2v) is 2.76. The van der Waals surface area contributed by atoms with Gasteiger partial charge in [0.2, 0.25) is 5.88 Å². The van der Waals surface area contributed by atoms with Crippen molar-refractivity contribution in [1.82, 2.24) is 4.98 Å². The fourth-order valence-corrected chi connectivity index (χ4v) is 1.16. The summed E-state index contributed by atoms with van der Waals surface area (Å²) in [6.07, 6.45) is 1.65. The normalized spacial score (nSPS) is 9.25. The SMILES string of the molecule is CC.Nc1cccnc1OPP. The molecule has 0 aliphatic heterocycles. The Balaban J connectivity index is 0.000000561. The van der Waals surface area contributed by atoms with Gasteiger partial charge in [0.15, 0.2) is 0 Å². The predicted molar refractivity (Wildman–Crippen MR) is 58.7 cm³/mol. The Bertz CT molecular complexity index is 220. The van der Waals surface area contributed by atoms with Crippen LogP contribution in [0.3, 0.4) is 0 Å². The number of anilines is 1. The van der Waals surface area contributed by atoms with Crippen LogP contribution in [-0.2, 0) is 0 Å². The standard InChI is InChI=1S/C5H8N2OP2.C2H6/c6-4-2-1-3-7-5(4)8-10-9;1-2/h1-3,10H,6,9H2;1-2H3. The number of hydrogen-bond donors (Lipinski definition) is 1. The van der Waals surface area contributed by atoms with Crippen LogP contribution in [0.1, 0.15) is 13.8 Å². The highest BCUT2D eigenvalue weighted by molar-refractivity contribution is 8.00. The molecule has 0 aliphatic carbocycles. The average Bonchev–Trinajstić information content (AvgIpc) is 2.13. The van der Waals surface area contributed by atoms with Gasteiger partial charge >= 0.3 is 0 Å². The van der Waals surface area contributed by atoms with Crippen LogP contribution < -0.4 is 10.3 Å². The van der Waals surface area contributed by atoms with E-state index in [1.165, 1.54) is 0 Å². The number of nitrogens with zero attached hydrogens (tertiary/aromatic N) is 1. The van der Waals surface area contributed by atoms with E-state index in [1.807, 2.05) is 13.8 Å².